The molecule has 0 aromatic carbocycles. The van der Waals surface area contributed by atoms with E-state index in [2.05, 4.69) is 22.9 Å². The molecule has 2 aliphatic rings. The quantitative estimate of drug-likeness (QED) is 0.497. The predicted octanol–water partition coefficient (Wildman–Crippen LogP) is 0.0575. The van der Waals surface area contributed by atoms with Crippen molar-refractivity contribution in [1.29, 1.82) is 0 Å². The third kappa shape index (κ3) is 1.50. The van der Waals surface area contributed by atoms with Crippen LogP contribution < -0.4 is 16.0 Å². The van der Waals surface area contributed by atoms with Gasteiger partial charge < -0.3 is 16.0 Å². The fourth-order valence-corrected chi connectivity index (χ4v) is 2.34. The fourth-order valence-electron chi connectivity index (χ4n) is 2.34. The van der Waals surface area contributed by atoms with E-state index in [9.17, 15) is 4.79 Å². The zero-order chi connectivity index (χ0) is 9.31. The lowest BCUT2D eigenvalue weighted by atomic mass is 9.72. The highest BCUT2D eigenvalue weighted by Crippen LogP contribution is 2.33. The van der Waals surface area contributed by atoms with Gasteiger partial charge in [-0.15, -0.1) is 0 Å². The fraction of sp³-hybridized carbons (Fsp3) is 0.889. The summed E-state index contributed by atoms with van der Waals surface area (Å²) in [4.78, 5) is 11.1. The summed E-state index contributed by atoms with van der Waals surface area (Å²) in [6.45, 7) is 5.09. The van der Waals surface area contributed by atoms with Crippen molar-refractivity contribution in [2.24, 2.45) is 5.41 Å². The van der Waals surface area contributed by atoms with Crippen LogP contribution in [-0.4, -0.2) is 31.7 Å². The number of nitrogens with one attached hydrogen (secondary N) is 3. The molecule has 1 unspecified atom stereocenters. The van der Waals surface area contributed by atoms with Crippen molar-refractivity contribution in [3.05, 3.63) is 0 Å². The van der Waals surface area contributed by atoms with Crippen LogP contribution in [0, 0.1) is 5.41 Å². The second-order valence-electron chi connectivity index (χ2n) is 4.16. The van der Waals surface area contributed by atoms with Crippen LogP contribution in [0.5, 0.6) is 0 Å². The number of hydrogen-bond donors (Lipinski definition) is 3. The van der Waals surface area contributed by atoms with E-state index in [1.807, 2.05) is 0 Å². The van der Waals surface area contributed by atoms with E-state index in [-0.39, 0.29) is 6.03 Å². The van der Waals surface area contributed by atoms with Crippen LogP contribution in [-0.2, 0) is 0 Å². The van der Waals surface area contributed by atoms with Gasteiger partial charge in [0, 0.05) is 18.0 Å². The van der Waals surface area contributed by atoms with Crippen molar-refractivity contribution < 1.29 is 4.79 Å². The molecule has 0 bridgehead atoms. The molecule has 0 radical (unpaired) electrons. The van der Waals surface area contributed by atoms with E-state index in [4.69, 9.17) is 0 Å². The average molecular weight is 183 g/mol. The predicted molar refractivity (Wildman–Crippen MR) is 50.5 cm³/mol. The molecular formula is C9H17N3O. The second kappa shape index (κ2) is 3.18. The number of amides is 2. The molecule has 3 N–H and O–H groups in total. The Morgan fingerprint density at radius 1 is 1.38 bits per heavy atom. The van der Waals surface area contributed by atoms with Gasteiger partial charge in [-0.25, -0.2) is 4.79 Å². The highest BCUT2D eigenvalue weighted by Gasteiger charge is 2.41. The number of piperidine rings is 1. The molecule has 4 heteroatoms. The summed E-state index contributed by atoms with van der Waals surface area (Å²) in [5.74, 6) is 0. The Kier molecular flexibility index (Phi) is 2.15. The number of rotatable bonds is 0. The van der Waals surface area contributed by atoms with Gasteiger partial charge in [0.2, 0.25) is 0 Å². The van der Waals surface area contributed by atoms with E-state index < -0.39 is 0 Å². The van der Waals surface area contributed by atoms with Crippen molar-refractivity contribution in [2.45, 2.75) is 25.8 Å². The molecule has 2 saturated heterocycles. The van der Waals surface area contributed by atoms with Crippen molar-refractivity contribution in [3.63, 3.8) is 0 Å². The van der Waals surface area contributed by atoms with Gasteiger partial charge in [0.25, 0.3) is 0 Å². The molecule has 2 amide bonds. The number of carbonyl (C=O) groups excluding carboxylic acids is 1. The summed E-state index contributed by atoms with van der Waals surface area (Å²) in [5.41, 5.74) is 0.291. The molecule has 4 nitrogen and oxygen atoms in total. The van der Waals surface area contributed by atoms with Crippen LogP contribution in [0.1, 0.15) is 19.8 Å². The van der Waals surface area contributed by atoms with E-state index in [1.54, 1.807) is 0 Å². The first-order chi connectivity index (χ1) is 6.23. The molecular weight excluding hydrogens is 166 g/mol. The Hall–Kier alpha value is -0.770. The van der Waals surface area contributed by atoms with Gasteiger partial charge in [0.1, 0.15) is 0 Å². The zero-order valence-electron chi connectivity index (χ0n) is 8.02. The molecule has 2 rings (SSSR count). The van der Waals surface area contributed by atoms with Gasteiger partial charge in [0.05, 0.1) is 0 Å². The first-order valence-electron chi connectivity index (χ1n) is 4.98. The lowest BCUT2D eigenvalue weighted by Crippen LogP contribution is -2.62. The number of urea groups is 1. The van der Waals surface area contributed by atoms with Crippen molar-refractivity contribution in [2.75, 3.05) is 19.6 Å². The Morgan fingerprint density at radius 3 is 2.69 bits per heavy atom. The molecule has 0 aromatic rings. The van der Waals surface area contributed by atoms with Crippen LogP contribution in [0.3, 0.4) is 0 Å². The molecule has 2 fully saturated rings. The summed E-state index contributed by atoms with van der Waals surface area (Å²) in [6.07, 6.45) is 2.31. The molecule has 1 spiro atoms. The van der Waals surface area contributed by atoms with Gasteiger partial charge in [-0.3, -0.25) is 0 Å². The van der Waals surface area contributed by atoms with Crippen LogP contribution in [0.4, 0.5) is 4.79 Å². The minimum atomic E-state index is -0.0170. The van der Waals surface area contributed by atoms with Crippen LogP contribution in [0.25, 0.3) is 0 Å². The van der Waals surface area contributed by atoms with Gasteiger partial charge in [-0.2, -0.15) is 0 Å². The van der Waals surface area contributed by atoms with Crippen LogP contribution in [0.2, 0.25) is 0 Å². The summed E-state index contributed by atoms with van der Waals surface area (Å²) < 4.78 is 0. The normalized spacial score (nSPS) is 32.4. The third-order valence-corrected chi connectivity index (χ3v) is 3.47. The van der Waals surface area contributed by atoms with Gasteiger partial charge in [-0.1, -0.05) is 0 Å². The maximum Gasteiger partial charge on any atom is 0.315 e. The molecule has 2 aliphatic heterocycles. The Bertz CT molecular complexity index is 211. The Balaban J connectivity index is 2.07. The second-order valence-corrected chi connectivity index (χ2v) is 4.16. The smallest absolute Gasteiger partial charge is 0.315 e. The van der Waals surface area contributed by atoms with Gasteiger partial charge in [0.15, 0.2) is 0 Å². The number of hydrogen-bond acceptors (Lipinski definition) is 2. The average Bonchev–Trinajstić information content (AvgIpc) is 2.14. The summed E-state index contributed by atoms with van der Waals surface area (Å²) >= 11 is 0. The lowest BCUT2D eigenvalue weighted by Gasteiger charge is -2.45. The summed E-state index contributed by atoms with van der Waals surface area (Å²) in [6, 6.07) is 0.292. The molecule has 0 saturated carbocycles. The molecule has 2 heterocycles. The molecule has 1 atom stereocenters. The first kappa shape index (κ1) is 8.81. The van der Waals surface area contributed by atoms with E-state index >= 15 is 0 Å². The topological polar surface area (TPSA) is 53.2 Å². The Morgan fingerprint density at radius 2 is 2.08 bits per heavy atom. The molecule has 0 aliphatic carbocycles. The SMILES string of the molecule is CC1NC(=O)NCC12CCNCC2. The minimum absolute atomic E-state index is 0.0170. The first-order valence-corrected chi connectivity index (χ1v) is 4.98. The lowest BCUT2D eigenvalue weighted by molar-refractivity contribution is 0.119. The highest BCUT2D eigenvalue weighted by atomic mass is 16.2. The van der Waals surface area contributed by atoms with E-state index in [0.717, 1.165) is 32.5 Å². The van der Waals surface area contributed by atoms with Crippen molar-refractivity contribution in [3.8, 4) is 0 Å². The van der Waals surface area contributed by atoms with Crippen LogP contribution >= 0.6 is 0 Å². The largest absolute Gasteiger partial charge is 0.338 e. The maximum absolute atomic E-state index is 11.1. The summed E-state index contributed by atoms with van der Waals surface area (Å²) in [5, 5.41) is 9.20. The van der Waals surface area contributed by atoms with E-state index in [1.165, 1.54) is 0 Å². The highest BCUT2D eigenvalue weighted by molar-refractivity contribution is 5.75. The maximum atomic E-state index is 11.1. The number of carbonyl (C=O) groups is 1. The van der Waals surface area contributed by atoms with Crippen LogP contribution in [0.15, 0.2) is 0 Å². The summed E-state index contributed by atoms with van der Waals surface area (Å²) in [7, 11) is 0. The van der Waals surface area contributed by atoms with Crippen molar-refractivity contribution in [1.82, 2.24) is 16.0 Å². The van der Waals surface area contributed by atoms with E-state index in [0.29, 0.717) is 11.5 Å². The molecule has 74 valence electrons. The molecule has 0 aromatic heterocycles. The monoisotopic (exact) mass is 183 g/mol. The standard InChI is InChI=1S/C9H17N3O/c1-7-9(2-4-10-5-3-9)6-11-8(13)12-7/h7,10H,2-6H2,1H3,(H2,11,12,13). The van der Waals surface area contributed by atoms with Gasteiger partial charge in [-0.05, 0) is 32.9 Å². The zero-order valence-corrected chi connectivity index (χ0v) is 8.02. The molecule has 13 heavy (non-hydrogen) atoms. The van der Waals surface area contributed by atoms with Crippen molar-refractivity contribution >= 4 is 6.03 Å². The Labute approximate surface area is 78.5 Å². The van der Waals surface area contributed by atoms with Gasteiger partial charge >= 0.3 is 6.03 Å². The third-order valence-electron chi connectivity index (χ3n) is 3.47. The minimum Gasteiger partial charge on any atom is -0.338 e.